The maximum absolute atomic E-state index is 10.6. The fraction of sp³-hybridized carbons (Fsp3) is 0.571. The maximum Gasteiger partial charge on any atom is 0.240 e. The lowest BCUT2D eigenvalue weighted by Crippen LogP contribution is -2.44. The predicted molar refractivity (Wildman–Crippen MR) is 41.0 cm³/mol. The molecular weight excluding hydrogens is 176 g/mol. The summed E-state index contributed by atoms with van der Waals surface area (Å²) in [5.74, 6) is -2.46. The molecule has 2 amide bonds. The highest BCUT2D eigenvalue weighted by atomic mass is 16.4. The monoisotopic (exact) mass is 187 g/mol. The number of hydrogen-bond donors (Lipinski definition) is 2. The lowest BCUT2D eigenvalue weighted by atomic mass is 10.1. The Hall–Kier alpha value is -1.59. The zero-order chi connectivity index (χ0) is 10.4. The van der Waals surface area contributed by atoms with E-state index >= 15 is 0 Å². The van der Waals surface area contributed by atoms with Crippen molar-refractivity contribution in [1.82, 2.24) is 5.32 Å². The van der Waals surface area contributed by atoms with Crippen LogP contribution in [0.1, 0.15) is 19.8 Å². The van der Waals surface area contributed by atoms with E-state index in [4.69, 9.17) is 5.73 Å². The van der Waals surface area contributed by atoms with Gasteiger partial charge in [-0.05, 0) is 12.8 Å². The Balaban J connectivity index is 4.02. The van der Waals surface area contributed by atoms with Gasteiger partial charge < -0.3 is 21.0 Å². The van der Waals surface area contributed by atoms with Crippen LogP contribution in [0.15, 0.2) is 0 Å². The highest BCUT2D eigenvalue weighted by Gasteiger charge is 2.15. The van der Waals surface area contributed by atoms with Crippen LogP contribution in [0.4, 0.5) is 0 Å². The van der Waals surface area contributed by atoms with Gasteiger partial charge >= 0.3 is 0 Å². The molecule has 13 heavy (non-hydrogen) atoms. The molecule has 0 bridgehead atoms. The lowest BCUT2D eigenvalue weighted by Gasteiger charge is -2.13. The Kier molecular flexibility index (Phi) is 4.50. The van der Waals surface area contributed by atoms with Crippen molar-refractivity contribution in [3.05, 3.63) is 0 Å². The van der Waals surface area contributed by atoms with Crippen LogP contribution in [-0.2, 0) is 14.4 Å². The summed E-state index contributed by atoms with van der Waals surface area (Å²) >= 11 is 0. The van der Waals surface area contributed by atoms with Gasteiger partial charge in [0.1, 0.15) is 6.04 Å². The summed E-state index contributed by atoms with van der Waals surface area (Å²) in [4.78, 5) is 31.2. The Morgan fingerprint density at radius 1 is 1.46 bits per heavy atom. The second-order valence-corrected chi connectivity index (χ2v) is 2.57. The number of hydrogen-bond acceptors (Lipinski definition) is 4. The first kappa shape index (κ1) is 11.4. The number of carbonyl (C=O) groups excluding carboxylic acids is 3. The number of rotatable bonds is 5. The Labute approximate surface area is 75.1 Å². The summed E-state index contributed by atoms with van der Waals surface area (Å²) in [6.07, 6.45) is -0.356. The number of primary amides is 1. The minimum Gasteiger partial charge on any atom is -0.550 e. The molecule has 0 radical (unpaired) electrons. The molecule has 0 spiro atoms. The molecule has 0 aliphatic rings. The standard InChI is InChI=1S/C7H12N2O4/c1-4(10)9-5(7(8)13)2-3-6(11)12/h5H,2-3H2,1H3,(H2,8,13)(H,9,10)(H,11,12)/p-1/t5-/m0/s1. The van der Waals surface area contributed by atoms with Crippen molar-refractivity contribution in [3.8, 4) is 0 Å². The zero-order valence-electron chi connectivity index (χ0n) is 7.20. The number of amides is 2. The van der Waals surface area contributed by atoms with Gasteiger partial charge in [-0.1, -0.05) is 0 Å². The van der Waals surface area contributed by atoms with Gasteiger partial charge in [0, 0.05) is 12.9 Å². The molecule has 0 saturated heterocycles. The molecule has 3 N–H and O–H groups in total. The smallest absolute Gasteiger partial charge is 0.240 e. The molecule has 0 heterocycles. The van der Waals surface area contributed by atoms with E-state index in [2.05, 4.69) is 5.32 Å². The summed E-state index contributed by atoms with van der Waals surface area (Å²) in [6.45, 7) is 1.22. The largest absolute Gasteiger partial charge is 0.550 e. The first-order chi connectivity index (χ1) is 5.93. The van der Waals surface area contributed by atoms with E-state index in [1.165, 1.54) is 6.92 Å². The zero-order valence-corrected chi connectivity index (χ0v) is 7.20. The van der Waals surface area contributed by atoms with Crippen LogP contribution in [0.5, 0.6) is 0 Å². The molecule has 0 aromatic heterocycles. The van der Waals surface area contributed by atoms with E-state index in [1.807, 2.05) is 0 Å². The number of nitrogens with two attached hydrogens (primary N) is 1. The number of carboxylic acids is 1. The Bertz CT molecular complexity index is 227. The molecule has 6 heteroatoms. The SMILES string of the molecule is CC(=O)N[C@@H](CCC(=O)[O-])C(N)=O. The molecular formula is C7H11N2O4-. The van der Waals surface area contributed by atoms with Crippen LogP contribution in [-0.4, -0.2) is 23.8 Å². The van der Waals surface area contributed by atoms with E-state index in [9.17, 15) is 19.5 Å². The molecule has 6 nitrogen and oxygen atoms in total. The molecule has 0 aliphatic carbocycles. The third kappa shape index (κ3) is 5.66. The molecule has 0 fully saturated rings. The first-order valence-electron chi connectivity index (χ1n) is 3.69. The van der Waals surface area contributed by atoms with Gasteiger partial charge in [-0.3, -0.25) is 9.59 Å². The fourth-order valence-electron chi connectivity index (χ4n) is 0.793. The first-order valence-corrected chi connectivity index (χ1v) is 3.69. The number of carboxylic acid groups (broad SMARTS) is 1. The molecule has 0 aromatic rings. The maximum atomic E-state index is 10.6. The van der Waals surface area contributed by atoms with E-state index in [1.54, 1.807) is 0 Å². The van der Waals surface area contributed by atoms with Gasteiger partial charge in [0.25, 0.3) is 0 Å². The van der Waals surface area contributed by atoms with Crippen LogP contribution >= 0.6 is 0 Å². The van der Waals surface area contributed by atoms with Gasteiger partial charge in [0.15, 0.2) is 0 Å². The van der Waals surface area contributed by atoms with Crippen molar-refractivity contribution in [2.75, 3.05) is 0 Å². The molecule has 1 atom stereocenters. The predicted octanol–water partition coefficient (Wildman–Crippen LogP) is -2.49. The summed E-state index contributed by atoms with van der Waals surface area (Å²) in [5, 5.41) is 12.3. The van der Waals surface area contributed by atoms with Crippen LogP contribution < -0.4 is 16.2 Å². The molecule has 0 rings (SSSR count). The van der Waals surface area contributed by atoms with Crippen molar-refractivity contribution in [2.45, 2.75) is 25.8 Å². The summed E-state index contributed by atoms with van der Waals surface area (Å²) in [6, 6.07) is -0.935. The minimum absolute atomic E-state index is 0.0444. The Morgan fingerprint density at radius 2 is 2.00 bits per heavy atom. The van der Waals surface area contributed by atoms with Gasteiger partial charge in [-0.15, -0.1) is 0 Å². The Morgan fingerprint density at radius 3 is 2.31 bits per heavy atom. The average Bonchev–Trinajstić information content (AvgIpc) is 1.96. The molecule has 74 valence electrons. The van der Waals surface area contributed by atoms with Crippen molar-refractivity contribution in [1.29, 1.82) is 0 Å². The van der Waals surface area contributed by atoms with E-state index in [0.29, 0.717) is 0 Å². The normalized spacial score (nSPS) is 11.8. The number of nitrogens with one attached hydrogen (secondary N) is 1. The van der Waals surface area contributed by atoms with Gasteiger partial charge in [0.05, 0.1) is 0 Å². The van der Waals surface area contributed by atoms with Gasteiger partial charge in [0.2, 0.25) is 11.8 Å². The van der Waals surface area contributed by atoms with E-state index in [-0.39, 0.29) is 12.8 Å². The third-order valence-electron chi connectivity index (χ3n) is 1.36. The van der Waals surface area contributed by atoms with Crippen molar-refractivity contribution >= 4 is 17.8 Å². The number of aliphatic carboxylic acids is 1. The second kappa shape index (κ2) is 5.13. The van der Waals surface area contributed by atoms with Crippen molar-refractivity contribution in [3.63, 3.8) is 0 Å². The molecule has 0 unspecified atom stereocenters. The average molecular weight is 187 g/mol. The number of carbonyl (C=O) groups is 3. The lowest BCUT2D eigenvalue weighted by molar-refractivity contribution is -0.305. The van der Waals surface area contributed by atoms with Crippen molar-refractivity contribution in [2.24, 2.45) is 5.73 Å². The highest BCUT2D eigenvalue weighted by molar-refractivity contribution is 5.85. The van der Waals surface area contributed by atoms with Gasteiger partial charge in [-0.25, -0.2) is 0 Å². The fourth-order valence-corrected chi connectivity index (χ4v) is 0.793. The van der Waals surface area contributed by atoms with Crippen molar-refractivity contribution < 1.29 is 19.5 Å². The van der Waals surface area contributed by atoms with Crippen LogP contribution in [0.3, 0.4) is 0 Å². The summed E-state index contributed by atoms with van der Waals surface area (Å²) < 4.78 is 0. The van der Waals surface area contributed by atoms with Crippen LogP contribution in [0.2, 0.25) is 0 Å². The second-order valence-electron chi connectivity index (χ2n) is 2.57. The summed E-state index contributed by atoms with van der Waals surface area (Å²) in [7, 11) is 0. The van der Waals surface area contributed by atoms with E-state index in [0.717, 1.165) is 0 Å². The molecule has 0 saturated carbocycles. The molecule has 0 aliphatic heterocycles. The highest BCUT2D eigenvalue weighted by Crippen LogP contribution is 1.95. The van der Waals surface area contributed by atoms with Gasteiger partial charge in [-0.2, -0.15) is 0 Å². The minimum atomic E-state index is -1.28. The quantitative estimate of drug-likeness (QED) is 0.495. The van der Waals surface area contributed by atoms with E-state index < -0.39 is 23.8 Å². The topological polar surface area (TPSA) is 112 Å². The van der Waals surface area contributed by atoms with Crippen LogP contribution in [0, 0.1) is 0 Å². The van der Waals surface area contributed by atoms with Crippen LogP contribution in [0.25, 0.3) is 0 Å². The summed E-state index contributed by atoms with van der Waals surface area (Å²) in [5.41, 5.74) is 4.90. The third-order valence-corrected chi connectivity index (χ3v) is 1.36. The molecule has 0 aromatic carbocycles.